The smallest absolute Gasteiger partial charge is 0.295 e. The molecule has 2 N–H and O–H groups in total. The number of carbonyl (C=O) groups excluding carboxylic acids is 2. The predicted molar refractivity (Wildman–Crippen MR) is 77.7 cm³/mol. The van der Waals surface area contributed by atoms with Gasteiger partial charge in [0.2, 0.25) is 5.91 Å². The van der Waals surface area contributed by atoms with E-state index >= 15 is 0 Å². The van der Waals surface area contributed by atoms with Crippen LogP contribution in [-0.4, -0.2) is 24.7 Å². The maximum atomic E-state index is 11.5. The quantitative estimate of drug-likeness (QED) is 0.664. The van der Waals surface area contributed by atoms with Gasteiger partial charge in [-0.2, -0.15) is 8.42 Å². The summed E-state index contributed by atoms with van der Waals surface area (Å²) in [5.41, 5.74) is 0.446. The fourth-order valence-electron chi connectivity index (χ4n) is 1.99. The summed E-state index contributed by atoms with van der Waals surface area (Å²) in [6, 6.07) is 9.02. The molecule has 2 rings (SSSR count). The second-order valence-electron chi connectivity index (χ2n) is 4.59. The van der Waals surface area contributed by atoms with E-state index in [0.717, 1.165) is 0 Å². The molecule has 0 fully saturated rings. The normalized spacial score (nSPS) is 11.3. The number of hydrogen-bond donors (Lipinski definition) is 2. The Hall–Kier alpha value is -2.25. The Balaban J connectivity index is 2.40. The van der Waals surface area contributed by atoms with Crippen LogP contribution in [0.4, 0.5) is 5.69 Å². The first kappa shape index (κ1) is 15.1. The van der Waals surface area contributed by atoms with Crippen LogP contribution in [0.2, 0.25) is 0 Å². The van der Waals surface area contributed by atoms with Gasteiger partial charge in [-0.05, 0) is 30.5 Å². The van der Waals surface area contributed by atoms with Gasteiger partial charge in [-0.15, -0.1) is 0 Å². The van der Waals surface area contributed by atoms with E-state index in [4.69, 9.17) is 4.55 Å². The first-order chi connectivity index (χ1) is 9.77. The highest BCUT2D eigenvalue weighted by Gasteiger charge is 2.14. The van der Waals surface area contributed by atoms with Gasteiger partial charge in [0.15, 0.2) is 0 Å². The average Bonchev–Trinajstić information content (AvgIpc) is 2.35. The molecule has 7 heteroatoms. The van der Waals surface area contributed by atoms with Crippen molar-refractivity contribution in [1.82, 2.24) is 0 Å². The van der Waals surface area contributed by atoms with Crippen LogP contribution >= 0.6 is 0 Å². The molecular formula is C14H13NO5S. The molecule has 0 heterocycles. The van der Waals surface area contributed by atoms with E-state index in [-0.39, 0.29) is 17.1 Å². The minimum absolute atomic E-state index is 0.193. The molecule has 0 saturated heterocycles. The number of Topliss-reactive ketones (excluding diaryl/α,β-unsaturated/α-hetero) is 1. The van der Waals surface area contributed by atoms with E-state index in [2.05, 4.69) is 5.32 Å². The Morgan fingerprint density at radius 1 is 1.19 bits per heavy atom. The summed E-state index contributed by atoms with van der Waals surface area (Å²) >= 11 is 0. The Bertz CT molecular complexity index is 826. The zero-order valence-corrected chi connectivity index (χ0v) is 12.0. The molecule has 1 amide bonds. The third-order valence-electron chi connectivity index (χ3n) is 2.81. The van der Waals surface area contributed by atoms with Crippen LogP contribution in [0, 0.1) is 0 Å². The Kier molecular flexibility index (Phi) is 4.06. The lowest BCUT2D eigenvalue weighted by atomic mass is 10.1. The van der Waals surface area contributed by atoms with E-state index < -0.39 is 16.0 Å². The zero-order chi connectivity index (χ0) is 15.6. The lowest BCUT2D eigenvalue weighted by Crippen LogP contribution is -2.14. The van der Waals surface area contributed by atoms with Gasteiger partial charge in [-0.1, -0.05) is 18.2 Å². The van der Waals surface area contributed by atoms with Gasteiger partial charge in [0, 0.05) is 11.1 Å². The van der Waals surface area contributed by atoms with Crippen molar-refractivity contribution >= 4 is 38.3 Å². The monoisotopic (exact) mass is 307 g/mol. The summed E-state index contributed by atoms with van der Waals surface area (Å²) in [6.07, 6.45) is -0.219. The van der Waals surface area contributed by atoms with Crippen molar-refractivity contribution in [2.24, 2.45) is 0 Å². The van der Waals surface area contributed by atoms with Gasteiger partial charge in [-0.3, -0.25) is 14.1 Å². The van der Waals surface area contributed by atoms with Gasteiger partial charge in [0.1, 0.15) is 10.7 Å². The molecule has 0 bridgehead atoms. The molecule has 0 radical (unpaired) electrons. The average molecular weight is 307 g/mol. The summed E-state index contributed by atoms with van der Waals surface area (Å²) in [5, 5.41) is 3.45. The van der Waals surface area contributed by atoms with Crippen molar-refractivity contribution < 1.29 is 22.6 Å². The first-order valence-electron chi connectivity index (χ1n) is 6.07. The number of carbonyl (C=O) groups is 2. The highest BCUT2D eigenvalue weighted by atomic mass is 32.2. The Labute approximate surface area is 121 Å². The van der Waals surface area contributed by atoms with E-state index in [1.54, 1.807) is 12.1 Å². The van der Waals surface area contributed by atoms with Crippen molar-refractivity contribution in [2.45, 2.75) is 18.2 Å². The maximum absolute atomic E-state index is 11.5. The van der Waals surface area contributed by atoms with Crippen LogP contribution < -0.4 is 5.32 Å². The fraction of sp³-hybridized carbons (Fsp3) is 0.143. The van der Waals surface area contributed by atoms with E-state index in [0.29, 0.717) is 16.5 Å². The Morgan fingerprint density at radius 2 is 1.90 bits per heavy atom. The fourth-order valence-corrected chi connectivity index (χ4v) is 2.70. The number of fused-ring (bicyclic) bond motifs is 1. The first-order valence-corrected chi connectivity index (χ1v) is 7.51. The highest BCUT2D eigenvalue weighted by Crippen LogP contribution is 2.25. The highest BCUT2D eigenvalue weighted by molar-refractivity contribution is 7.86. The molecule has 0 saturated carbocycles. The molecule has 21 heavy (non-hydrogen) atoms. The molecule has 0 aliphatic carbocycles. The molecule has 110 valence electrons. The zero-order valence-electron chi connectivity index (χ0n) is 11.2. The second kappa shape index (κ2) is 5.63. The number of amides is 1. The third-order valence-corrected chi connectivity index (χ3v) is 3.72. The molecule has 2 aromatic carbocycles. The maximum Gasteiger partial charge on any atom is 0.295 e. The SMILES string of the molecule is CC(=O)CC(=O)Nc1ccc2c(S(=O)(=O)O)cccc2c1. The topological polar surface area (TPSA) is 101 Å². The van der Waals surface area contributed by atoms with Crippen molar-refractivity contribution in [3.05, 3.63) is 36.4 Å². The molecule has 0 aliphatic rings. The van der Waals surface area contributed by atoms with Crippen LogP contribution in [0.25, 0.3) is 10.8 Å². The summed E-state index contributed by atoms with van der Waals surface area (Å²) in [6.45, 7) is 1.32. The van der Waals surface area contributed by atoms with Gasteiger partial charge in [0.05, 0.1) is 6.42 Å². The van der Waals surface area contributed by atoms with Gasteiger partial charge in [0.25, 0.3) is 10.1 Å². The second-order valence-corrected chi connectivity index (χ2v) is 5.98. The van der Waals surface area contributed by atoms with Gasteiger partial charge in [-0.25, -0.2) is 0 Å². The molecule has 0 unspecified atom stereocenters. The van der Waals surface area contributed by atoms with Crippen molar-refractivity contribution in [3.63, 3.8) is 0 Å². The summed E-state index contributed by atoms with van der Waals surface area (Å²) in [7, 11) is -4.31. The van der Waals surface area contributed by atoms with E-state index in [9.17, 15) is 18.0 Å². The van der Waals surface area contributed by atoms with E-state index in [1.165, 1.54) is 31.2 Å². The van der Waals surface area contributed by atoms with Crippen molar-refractivity contribution in [1.29, 1.82) is 0 Å². The van der Waals surface area contributed by atoms with E-state index in [1.807, 2.05) is 0 Å². The number of nitrogens with one attached hydrogen (secondary N) is 1. The summed E-state index contributed by atoms with van der Waals surface area (Å²) in [4.78, 5) is 22.2. The largest absolute Gasteiger partial charge is 0.326 e. The minimum atomic E-state index is -4.31. The lowest BCUT2D eigenvalue weighted by molar-refractivity contribution is -0.124. The summed E-state index contributed by atoms with van der Waals surface area (Å²) < 4.78 is 31.7. The Morgan fingerprint density at radius 3 is 2.52 bits per heavy atom. The molecule has 0 aromatic heterocycles. The van der Waals surface area contributed by atoms with Crippen LogP contribution in [0.5, 0.6) is 0 Å². The standard InChI is InChI=1S/C14H13NO5S/c1-9(16)7-14(17)15-11-5-6-12-10(8-11)3-2-4-13(12)21(18,19)20/h2-6,8H,7H2,1H3,(H,15,17)(H,18,19,20). The molecule has 0 atom stereocenters. The summed E-state index contributed by atoms with van der Waals surface area (Å²) in [5.74, 6) is -0.685. The third kappa shape index (κ3) is 3.65. The molecular weight excluding hydrogens is 294 g/mol. The number of anilines is 1. The lowest BCUT2D eigenvalue weighted by Gasteiger charge is -2.07. The number of rotatable bonds is 4. The molecule has 0 aliphatic heterocycles. The van der Waals surface area contributed by atoms with Crippen LogP contribution in [0.3, 0.4) is 0 Å². The minimum Gasteiger partial charge on any atom is -0.326 e. The van der Waals surface area contributed by atoms with Crippen LogP contribution in [-0.2, 0) is 19.7 Å². The van der Waals surface area contributed by atoms with Gasteiger partial charge < -0.3 is 5.32 Å². The number of hydrogen-bond acceptors (Lipinski definition) is 4. The van der Waals surface area contributed by atoms with Crippen molar-refractivity contribution in [2.75, 3.05) is 5.32 Å². The molecule has 2 aromatic rings. The number of ketones is 1. The molecule has 6 nitrogen and oxygen atoms in total. The van der Waals surface area contributed by atoms with Crippen LogP contribution in [0.15, 0.2) is 41.3 Å². The molecule has 0 spiro atoms. The van der Waals surface area contributed by atoms with Gasteiger partial charge >= 0.3 is 0 Å². The predicted octanol–water partition coefficient (Wildman–Crippen LogP) is 2.00. The van der Waals surface area contributed by atoms with Crippen LogP contribution in [0.1, 0.15) is 13.3 Å². The number of benzene rings is 2. The van der Waals surface area contributed by atoms with Crippen molar-refractivity contribution in [3.8, 4) is 0 Å².